The van der Waals surface area contributed by atoms with E-state index in [0.29, 0.717) is 6.42 Å². The normalized spacial score (nSPS) is 18.7. The SMILES string of the molecule is Cc1c(C)c2c(c(C)c1CC(O)O)CCC(C)O2. The van der Waals surface area contributed by atoms with E-state index >= 15 is 0 Å². The van der Waals surface area contributed by atoms with E-state index in [-0.39, 0.29) is 6.10 Å². The zero-order chi connectivity index (χ0) is 13.4. The van der Waals surface area contributed by atoms with E-state index in [1.807, 2.05) is 6.92 Å². The molecule has 2 N–H and O–H groups in total. The molecule has 1 aromatic carbocycles. The summed E-state index contributed by atoms with van der Waals surface area (Å²) in [4.78, 5) is 0. The highest BCUT2D eigenvalue weighted by molar-refractivity contribution is 5.55. The lowest BCUT2D eigenvalue weighted by Crippen LogP contribution is -2.22. The maximum absolute atomic E-state index is 9.22. The summed E-state index contributed by atoms with van der Waals surface area (Å²) < 4.78 is 5.96. The zero-order valence-corrected chi connectivity index (χ0v) is 11.6. The summed E-state index contributed by atoms with van der Waals surface area (Å²) >= 11 is 0. The first-order valence-electron chi connectivity index (χ1n) is 6.56. The minimum atomic E-state index is -1.29. The molecule has 0 bridgehead atoms. The Kier molecular flexibility index (Phi) is 3.64. The third kappa shape index (κ3) is 2.25. The Balaban J connectivity index is 2.55. The topological polar surface area (TPSA) is 49.7 Å². The zero-order valence-electron chi connectivity index (χ0n) is 11.6. The largest absolute Gasteiger partial charge is 0.490 e. The Morgan fingerprint density at radius 2 is 1.83 bits per heavy atom. The maximum atomic E-state index is 9.22. The van der Waals surface area contributed by atoms with Crippen LogP contribution in [0.3, 0.4) is 0 Å². The molecule has 2 rings (SSSR count). The molecule has 0 amide bonds. The quantitative estimate of drug-likeness (QED) is 0.791. The summed E-state index contributed by atoms with van der Waals surface area (Å²) in [7, 11) is 0. The monoisotopic (exact) mass is 250 g/mol. The molecule has 1 aromatic rings. The van der Waals surface area contributed by atoms with Gasteiger partial charge in [0.05, 0.1) is 6.10 Å². The lowest BCUT2D eigenvalue weighted by molar-refractivity contribution is -0.0384. The van der Waals surface area contributed by atoms with Gasteiger partial charge in [-0.25, -0.2) is 0 Å². The summed E-state index contributed by atoms with van der Waals surface area (Å²) in [6, 6.07) is 0. The molecule has 100 valence electrons. The number of hydrogen-bond donors (Lipinski definition) is 2. The fourth-order valence-electron chi connectivity index (χ4n) is 2.81. The van der Waals surface area contributed by atoms with Crippen molar-refractivity contribution >= 4 is 0 Å². The highest BCUT2D eigenvalue weighted by Gasteiger charge is 2.24. The van der Waals surface area contributed by atoms with Gasteiger partial charge in [-0.3, -0.25) is 0 Å². The van der Waals surface area contributed by atoms with Crippen LogP contribution in [0.5, 0.6) is 5.75 Å². The van der Waals surface area contributed by atoms with E-state index in [2.05, 4.69) is 20.8 Å². The number of benzene rings is 1. The molecule has 18 heavy (non-hydrogen) atoms. The first kappa shape index (κ1) is 13.4. The van der Waals surface area contributed by atoms with Gasteiger partial charge in [0, 0.05) is 6.42 Å². The van der Waals surface area contributed by atoms with Crippen molar-refractivity contribution in [3.63, 3.8) is 0 Å². The van der Waals surface area contributed by atoms with E-state index in [0.717, 1.165) is 40.8 Å². The van der Waals surface area contributed by atoms with Crippen molar-refractivity contribution in [1.82, 2.24) is 0 Å². The maximum Gasteiger partial charge on any atom is 0.155 e. The predicted octanol–water partition coefficient (Wildman–Crippen LogP) is 2.18. The third-order valence-electron chi connectivity index (χ3n) is 4.04. The minimum absolute atomic E-state index is 0.268. The van der Waals surface area contributed by atoms with Gasteiger partial charge in [0.15, 0.2) is 6.29 Å². The van der Waals surface area contributed by atoms with Crippen molar-refractivity contribution < 1.29 is 14.9 Å². The van der Waals surface area contributed by atoms with Crippen LogP contribution in [0, 0.1) is 20.8 Å². The van der Waals surface area contributed by atoms with Crippen molar-refractivity contribution in [3.05, 3.63) is 27.8 Å². The van der Waals surface area contributed by atoms with Gasteiger partial charge in [-0.05, 0) is 68.4 Å². The molecular formula is C15H22O3. The molecule has 0 aromatic heterocycles. The van der Waals surface area contributed by atoms with Gasteiger partial charge in [-0.2, -0.15) is 0 Å². The molecule has 1 unspecified atom stereocenters. The molecule has 1 aliphatic rings. The van der Waals surface area contributed by atoms with Gasteiger partial charge < -0.3 is 14.9 Å². The molecule has 0 spiro atoms. The predicted molar refractivity (Wildman–Crippen MR) is 71.0 cm³/mol. The highest BCUT2D eigenvalue weighted by atomic mass is 16.5. The standard InChI is InChI=1S/C15H22O3/c1-8-5-6-12-11(4)13(7-14(16)17)9(2)10(3)15(12)18-8/h8,14,16-17H,5-7H2,1-4H3. The van der Waals surface area contributed by atoms with Crippen LogP contribution in [0.4, 0.5) is 0 Å². The lowest BCUT2D eigenvalue weighted by Gasteiger charge is -2.29. The van der Waals surface area contributed by atoms with Gasteiger partial charge in [0.25, 0.3) is 0 Å². The van der Waals surface area contributed by atoms with Crippen LogP contribution in [-0.4, -0.2) is 22.6 Å². The second-order valence-electron chi connectivity index (χ2n) is 5.31. The van der Waals surface area contributed by atoms with Crippen LogP contribution < -0.4 is 4.74 Å². The van der Waals surface area contributed by atoms with Crippen LogP contribution in [-0.2, 0) is 12.8 Å². The molecular weight excluding hydrogens is 228 g/mol. The molecule has 1 aliphatic heterocycles. The van der Waals surface area contributed by atoms with Crippen molar-refractivity contribution in [2.24, 2.45) is 0 Å². The van der Waals surface area contributed by atoms with E-state index in [9.17, 15) is 10.2 Å². The second-order valence-corrected chi connectivity index (χ2v) is 5.31. The first-order valence-corrected chi connectivity index (χ1v) is 6.56. The van der Waals surface area contributed by atoms with Gasteiger partial charge in [0.2, 0.25) is 0 Å². The average molecular weight is 250 g/mol. The molecule has 0 aliphatic carbocycles. The number of aliphatic hydroxyl groups is 2. The molecule has 0 saturated heterocycles. The fourth-order valence-corrected chi connectivity index (χ4v) is 2.81. The summed E-state index contributed by atoms with van der Waals surface area (Å²) in [6.07, 6.45) is 1.31. The number of ether oxygens (including phenoxy) is 1. The number of rotatable bonds is 2. The van der Waals surface area contributed by atoms with Crippen LogP contribution in [0.15, 0.2) is 0 Å². The highest BCUT2D eigenvalue weighted by Crippen LogP contribution is 2.38. The number of fused-ring (bicyclic) bond motifs is 1. The molecule has 0 radical (unpaired) electrons. The summed E-state index contributed by atoms with van der Waals surface area (Å²) in [5.74, 6) is 1.01. The van der Waals surface area contributed by atoms with E-state index in [1.165, 1.54) is 5.56 Å². The fraction of sp³-hybridized carbons (Fsp3) is 0.600. The van der Waals surface area contributed by atoms with Gasteiger partial charge in [0.1, 0.15) is 5.75 Å². The van der Waals surface area contributed by atoms with Crippen LogP contribution >= 0.6 is 0 Å². The van der Waals surface area contributed by atoms with E-state index < -0.39 is 6.29 Å². The molecule has 1 atom stereocenters. The Bertz CT molecular complexity index is 464. The Morgan fingerprint density at radius 1 is 1.17 bits per heavy atom. The van der Waals surface area contributed by atoms with Crippen LogP contribution in [0.1, 0.15) is 41.2 Å². The Hall–Kier alpha value is -1.06. The van der Waals surface area contributed by atoms with E-state index in [1.54, 1.807) is 0 Å². The molecule has 0 fully saturated rings. The molecule has 3 heteroatoms. The van der Waals surface area contributed by atoms with Crippen LogP contribution in [0.25, 0.3) is 0 Å². The summed E-state index contributed by atoms with van der Waals surface area (Å²) in [5.41, 5.74) is 5.71. The third-order valence-corrected chi connectivity index (χ3v) is 4.04. The molecule has 1 heterocycles. The summed E-state index contributed by atoms with van der Waals surface area (Å²) in [6.45, 7) is 8.24. The molecule has 3 nitrogen and oxygen atoms in total. The van der Waals surface area contributed by atoms with Crippen molar-refractivity contribution in [1.29, 1.82) is 0 Å². The second kappa shape index (κ2) is 4.90. The van der Waals surface area contributed by atoms with Crippen molar-refractivity contribution in [2.75, 3.05) is 0 Å². The average Bonchev–Trinajstić information content (AvgIpc) is 2.31. The lowest BCUT2D eigenvalue weighted by atomic mass is 9.87. The number of hydrogen-bond acceptors (Lipinski definition) is 3. The first-order chi connectivity index (χ1) is 8.41. The van der Waals surface area contributed by atoms with Crippen LogP contribution in [0.2, 0.25) is 0 Å². The van der Waals surface area contributed by atoms with Gasteiger partial charge in [-0.1, -0.05) is 0 Å². The Labute approximate surface area is 108 Å². The minimum Gasteiger partial charge on any atom is -0.490 e. The smallest absolute Gasteiger partial charge is 0.155 e. The van der Waals surface area contributed by atoms with E-state index in [4.69, 9.17) is 4.74 Å². The van der Waals surface area contributed by atoms with Crippen molar-refractivity contribution in [3.8, 4) is 5.75 Å². The Morgan fingerprint density at radius 3 is 2.44 bits per heavy atom. The molecule has 0 saturated carbocycles. The summed E-state index contributed by atoms with van der Waals surface area (Å²) in [5, 5.41) is 18.4. The van der Waals surface area contributed by atoms with Gasteiger partial charge in [-0.15, -0.1) is 0 Å². The number of aliphatic hydroxyl groups excluding tert-OH is 1. The van der Waals surface area contributed by atoms with Gasteiger partial charge >= 0.3 is 0 Å². The van der Waals surface area contributed by atoms with Crippen molar-refractivity contribution in [2.45, 2.75) is 59.4 Å².